The van der Waals surface area contributed by atoms with E-state index in [0.717, 1.165) is 11.3 Å². The van der Waals surface area contributed by atoms with E-state index in [4.69, 9.17) is 10.5 Å². The van der Waals surface area contributed by atoms with E-state index in [1.807, 2.05) is 30.3 Å². The summed E-state index contributed by atoms with van der Waals surface area (Å²) >= 11 is 0. The number of aromatic nitrogens is 1. The molecule has 0 aliphatic carbocycles. The Morgan fingerprint density at radius 3 is 3.00 bits per heavy atom. The molecule has 1 unspecified atom stereocenters. The molecule has 86 valence electrons. The highest BCUT2D eigenvalue weighted by atomic mass is 16.5. The summed E-state index contributed by atoms with van der Waals surface area (Å²) in [5.74, 6) is 1.64. The number of fused-ring (bicyclic) bond motifs is 1. The van der Waals surface area contributed by atoms with Gasteiger partial charge in [0.1, 0.15) is 18.2 Å². The van der Waals surface area contributed by atoms with E-state index in [1.54, 1.807) is 6.20 Å². The van der Waals surface area contributed by atoms with Gasteiger partial charge in [-0.2, -0.15) is 0 Å². The van der Waals surface area contributed by atoms with Crippen molar-refractivity contribution in [1.82, 2.24) is 4.98 Å². The lowest BCUT2D eigenvalue weighted by atomic mass is 10.1. The molecule has 4 nitrogen and oxygen atoms in total. The van der Waals surface area contributed by atoms with Crippen LogP contribution in [0.1, 0.15) is 11.6 Å². The zero-order valence-electron chi connectivity index (χ0n) is 9.26. The second kappa shape index (κ2) is 3.97. The highest BCUT2D eigenvalue weighted by Gasteiger charge is 2.23. The Labute approximate surface area is 99.4 Å². The van der Waals surface area contributed by atoms with Gasteiger partial charge in [0.2, 0.25) is 0 Å². The van der Waals surface area contributed by atoms with Crippen molar-refractivity contribution < 1.29 is 4.74 Å². The molecule has 0 saturated heterocycles. The maximum absolute atomic E-state index is 5.85. The van der Waals surface area contributed by atoms with Gasteiger partial charge in [-0.05, 0) is 18.2 Å². The lowest BCUT2D eigenvalue weighted by Gasteiger charge is -2.13. The number of nitrogen functional groups attached to an aromatic ring is 1. The molecule has 3 N–H and O–H groups in total. The lowest BCUT2D eigenvalue weighted by molar-refractivity contribution is 0.339. The van der Waals surface area contributed by atoms with Crippen LogP contribution in [-0.4, -0.2) is 11.6 Å². The molecule has 1 aromatic heterocycles. The van der Waals surface area contributed by atoms with Gasteiger partial charge in [0, 0.05) is 11.8 Å². The van der Waals surface area contributed by atoms with E-state index in [-0.39, 0.29) is 6.04 Å². The first-order valence-electron chi connectivity index (χ1n) is 5.53. The molecule has 2 heterocycles. The van der Waals surface area contributed by atoms with E-state index >= 15 is 0 Å². The van der Waals surface area contributed by atoms with Crippen LogP contribution in [0.2, 0.25) is 0 Å². The van der Waals surface area contributed by atoms with Crippen LogP contribution in [0, 0.1) is 0 Å². The number of nitrogens with one attached hydrogen (secondary N) is 1. The summed E-state index contributed by atoms with van der Waals surface area (Å²) in [5.41, 5.74) is 7.65. The van der Waals surface area contributed by atoms with E-state index < -0.39 is 0 Å². The minimum atomic E-state index is 0.114. The van der Waals surface area contributed by atoms with Gasteiger partial charge in [0.05, 0.1) is 11.7 Å². The fourth-order valence-corrected chi connectivity index (χ4v) is 1.99. The Morgan fingerprint density at radius 1 is 1.24 bits per heavy atom. The van der Waals surface area contributed by atoms with Gasteiger partial charge < -0.3 is 15.8 Å². The Kier molecular flexibility index (Phi) is 2.33. The Balaban J connectivity index is 1.87. The van der Waals surface area contributed by atoms with E-state index in [1.165, 1.54) is 0 Å². The smallest absolute Gasteiger partial charge is 0.149 e. The fraction of sp³-hybridized carbons (Fsp3) is 0.154. The first-order chi connectivity index (χ1) is 8.34. The number of nitrogens with zero attached hydrogens (tertiary/aromatic N) is 1. The highest BCUT2D eigenvalue weighted by Crippen LogP contribution is 2.34. The summed E-state index contributed by atoms with van der Waals surface area (Å²) < 4.78 is 5.59. The summed E-state index contributed by atoms with van der Waals surface area (Å²) in [4.78, 5) is 4.22. The molecule has 4 heteroatoms. The Morgan fingerprint density at radius 2 is 2.12 bits per heavy atom. The van der Waals surface area contributed by atoms with E-state index in [9.17, 15) is 0 Å². The van der Waals surface area contributed by atoms with Crippen molar-refractivity contribution in [3.8, 4) is 5.75 Å². The summed E-state index contributed by atoms with van der Waals surface area (Å²) in [7, 11) is 0. The summed E-state index contributed by atoms with van der Waals surface area (Å²) in [6.07, 6.45) is 1.72. The van der Waals surface area contributed by atoms with Crippen LogP contribution in [0.3, 0.4) is 0 Å². The van der Waals surface area contributed by atoms with Crippen molar-refractivity contribution in [2.24, 2.45) is 0 Å². The lowest BCUT2D eigenvalue weighted by Crippen LogP contribution is -2.14. The third-order valence-electron chi connectivity index (χ3n) is 2.85. The molecular weight excluding hydrogens is 214 g/mol. The number of pyridine rings is 1. The first kappa shape index (κ1) is 9.96. The van der Waals surface area contributed by atoms with Crippen LogP contribution >= 0.6 is 0 Å². The molecule has 1 atom stereocenters. The van der Waals surface area contributed by atoms with Crippen molar-refractivity contribution in [3.05, 3.63) is 48.2 Å². The number of nitrogens with two attached hydrogens (primary N) is 1. The van der Waals surface area contributed by atoms with Crippen molar-refractivity contribution >= 4 is 11.5 Å². The average Bonchev–Trinajstić information content (AvgIpc) is 2.76. The minimum Gasteiger partial charge on any atom is -0.491 e. The average molecular weight is 227 g/mol. The maximum atomic E-state index is 5.85. The largest absolute Gasteiger partial charge is 0.491 e. The predicted molar refractivity (Wildman–Crippen MR) is 67.0 cm³/mol. The molecule has 0 amide bonds. The van der Waals surface area contributed by atoms with Crippen molar-refractivity contribution in [2.45, 2.75) is 6.04 Å². The summed E-state index contributed by atoms with van der Waals surface area (Å²) in [6, 6.07) is 11.8. The number of hydrogen-bond donors (Lipinski definition) is 2. The molecule has 17 heavy (non-hydrogen) atoms. The molecular formula is C13H13N3O. The topological polar surface area (TPSA) is 60.2 Å². The highest BCUT2D eigenvalue weighted by molar-refractivity contribution is 5.62. The quantitative estimate of drug-likeness (QED) is 0.825. The van der Waals surface area contributed by atoms with Gasteiger partial charge in [0.15, 0.2) is 0 Å². The molecule has 0 spiro atoms. The molecule has 3 rings (SSSR count). The van der Waals surface area contributed by atoms with Crippen LogP contribution < -0.4 is 15.8 Å². The maximum Gasteiger partial charge on any atom is 0.149 e. The van der Waals surface area contributed by atoms with Crippen molar-refractivity contribution in [1.29, 1.82) is 0 Å². The second-order valence-electron chi connectivity index (χ2n) is 3.99. The fourth-order valence-electron chi connectivity index (χ4n) is 1.99. The number of ether oxygens (including phenoxy) is 1. The van der Waals surface area contributed by atoms with Crippen LogP contribution in [0.25, 0.3) is 0 Å². The molecule has 0 bridgehead atoms. The predicted octanol–water partition coefficient (Wildman–Crippen LogP) is 2.21. The molecule has 1 aliphatic rings. The monoisotopic (exact) mass is 227 g/mol. The number of hydrogen-bond acceptors (Lipinski definition) is 4. The van der Waals surface area contributed by atoms with Gasteiger partial charge in [-0.1, -0.05) is 18.2 Å². The van der Waals surface area contributed by atoms with Crippen LogP contribution in [-0.2, 0) is 0 Å². The van der Waals surface area contributed by atoms with Gasteiger partial charge in [-0.15, -0.1) is 0 Å². The second-order valence-corrected chi connectivity index (χ2v) is 3.99. The standard InChI is InChI=1S/C13H13N3O/c14-10-5-3-7-15-13(10)16-11-8-17-12-6-2-1-4-9(11)12/h1-7,11H,8,14H2,(H,15,16). The normalized spacial score (nSPS) is 17.3. The number of para-hydroxylation sites is 1. The van der Waals surface area contributed by atoms with Gasteiger partial charge in [-0.25, -0.2) is 4.98 Å². The van der Waals surface area contributed by atoms with Gasteiger partial charge in [-0.3, -0.25) is 0 Å². The first-order valence-corrected chi connectivity index (χ1v) is 5.53. The zero-order chi connectivity index (χ0) is 11.7. The van der Waals surface area contributed by atoms with Crippen LogP contribution in [0.4, 0.5) is 11.5 Å². The Bertz CT molecular complexity index is 542. The van der Waals surface area contributed by atoms with Gasteiger partial charge in [0.25, 0.3) is 0 Å². The summed E-state index contributed by atoms with van der Waals surface area (Å²) in [6.45, 7) is 0.607. The molecule has 0 fully saturated rings. The SMILES string of the molecule is Nc1cccnc1NC1COc2ccccc21. The molecule has 1 aliphatic heterocycles. The van der Waals surface area contributed by atoms with Crippen molar-refractivity contribution in [3.63, 3.8) is 0 Å². The number of rotatable bonds is 2. The van der Waals surface area contributed by atoms with Crippen LogP contribution in [0.15, 0.2) is 42.6 Å². The third-order valence-corrected chi connectivity index (χ3v) is 2.85. The van der Waals surface area contributed by atoms with Crippen molar-refractivity contribution in [2.75, 3.05) is 17.7 Å². The minimum absolute atomic E-state index is 0.114. The number of benzene rings is 1. The molecule has 0 radical (unpaired) electrons. The van der Waals surface area contributed by atoms with E-state index in [0.29, 0.717) is 18.1 Å². The Hall–Kier alpha value is -2.23. The zero-order valence-corrected chi connectivity index (χ0v) is 9.26. The van der Waals surface area contributed by atoms with Crippen LogP contribution in [0.5, 0.6) is 5.75 Å². The van der Waals surface area contributed by atoms with E-state index in [2.05, 4.69) is 16.4 Å². The molecule has 0 saturated carbocycles. The number of anilines is 2. The van der Waals surface area contributed by atoms with Gasteiger partial charge >= 0.3 is 0 Å². The molecule has 1 aromatic carbocycles. The third kappa shape index (κ3) is 1.78. The molecule has 2 aromatic rings. The summed E-state index contributed by atoms with van der Waals surface area (Å²) in [5, 5.41) is 3.30.